The normalized spacial score (nSPS) is 10.3. The van der Waals surface area contributed by atoms with Crippen LogP contribution in [-0.4, -0.2) is 25.1 Å². The molecule has 0 unspecified atom stereocenters. The first kappa shape index (κ1) is 18.0. The van der Waals surface area contributed by atoms with Crippen molar-refractivity contribution in [2.75, 3.05) is 19.5 Å². The quantitative estimate of drug-likeness (QED) is 0.518. The van der Waals surface area contributed by atoms with Gasteiger partial charge in [-0.25, -0.2) is 0 Å². The van der Waals surface area contributed by atoms with Crippen LogP contribution in [0, 0.1) is 10.1 Å². The molecular formula is C19H16N2O6. The second-order valence-electron chi connectivity index (χ2n) is 5.46. The molecule has 1 heterocycles. The number of benzene rings is 2. The molecule has 0 radical (unpaired) electrons. The maximum Gasteiger partial charge on any atom is 0.291 e. The number of nitrogens with zero attached hydrogens (tertiary/aromatic N) is 1. The van der Waals surface area contributed by atoms with Gasteiger partial charge in [-0.3, -0.25) is 14.9 Å². The zero-order valence-corrected chi connectivity index (χ0v) is 14.6. The van der Waals surface area contributed by atoms with Gasteiger partial charge in [0, 0.05) is 12.1 Å². The summed E-state index contributed by atoms with van der Waals surface area (Å²) < 4.78 is 15.9. The van der Waals surface area contributed by atoms with E-state index in [4.69, 9.17) is 13.9 Å². The van der Waals surface area contributed by atoms with Gasteiger partial charge in [-0.15, -0.1) is 0 Å². The van der Waals surface area contributed by atoms with Gasteiger partial charge in [-0.1, -0.05) is 12.1 Å². The molecule has 3 aromatic rings. The molecular weight excluding hydrogens is 352 g/mol. The Balaban J connectivity index is 1.85. The molecule has 0 bridgehead atoms. The third-order valence-electron chi connectivity index (χ3n) is 3.85. The Labute approximate surface area is 154 Å². The number of rotatable bonds is 6. The zero-order valence-electron chi connectivity index (χ0n) is 14.6. The first-order chi connectivity index (χ1) is 13.0. The molecule has 0 aliphatic carbocycles. The fraction of sp³-hybridized carbons (Fsp3) is 0.105. The number of carbonyl (C=O) groups is 1. The van der Waals surface area contributed by atoms with Crippen LogP contribution in [0.5, 0.6) is 11.5 Å². The van der Waals surface area contributed by atoms with Crippen molar-refractivity contribution < 1.29 is 23.6 Å². The minimum absolute atomic E-state index is 0.0148. The second-order valence-corrected chi connectivity index (χ2v) is 5.46. The maximum atomic E-state index is 12.5. The first-order valence-corrected chi connectivity index (χ1v) is 7.90. The molecule has 1 N–H and O–H groups in total. The van der Waals surface area contributed by atoms with Crippen molar-refractivity contribution in [3.63, 3.8) is 0 Å². The van der Waals surface area contributed by atoms with Crippen LogP contribution >= 0.6 is 0 Å². The fourth-order valence-corrected chi connectivity index (χ4v) is 2.53. The van der Waals surface area contributed by atoms with Crippen molar-refractivity contribution >= 4 is 17.3 Å². The lowest BCUT2D eigenvalue weighted by molar-refractivity contribution is -0.384. The maximum absolute atomic E-state index is 12.5. The number of amides is 1. The number of nitrogens with one attached hydrogen (secondary N) is 1. The minimum Gasteiger partial charge on any atom is -0.497 e. The van der Waals surface area contributed by atoms with Crippen molar-refractivity contribution in [3.05, 3.63) is 70.5 Å². The first-order valence-electron chi connectivity index (χ1n) is 7.90. The predicted molar refractivity (Wildman–Crippen MR) is 98.3 cm³/mol. The smallest absolute Gasteiger partial charge is 0.291 e. The third-order valence-corrected chi connectivity index (χ3v) is 3.85. The van der Waals surface area contributed by atoms with E-state index in [2.05, 4.69) is 5.32 Å². The summed E-state index contributed by atoms with van der Waals surface area (Å²) in [7, 11) is 3.00. The summed E-state index contributed by atoms with van der Waals surface area (Å²) in [4.78, 5) is 23.1. The summed E-state index contributed by atoms with van der Waals surface area (Å²) in [6.07, 6.45) is 0. The second kappa shape index (κ2) is 7.61. The Bertz CT molecular complexity index is 995. The Kier molecular flexibility index (Phi) is 5.07. The van der Waals surface area contributed by atoms with E-state index in [1.54, 1.807) is 36.4 Å². The Morgan fingerprint density at radius 1 is 1.07 bits per heavy atom. The van der Waals surface area contributed by atoms with Crippen molar-refractivity contribution in [1.29, 1.82) is 0 Å². The molecule has 0 saturated carbocycles. The molecule has 1 aromatic heterocycles. The molecule has 1 amide bonds. The minimum atomic E-state index is -0.511. The molecule has 2 aromatic carbocycles. The van der Waals surface area contributed by atoms with E-state index < -0.39 is 10.8 Å². The van der Waals surface area contributed by atoms with Crippen molar-refractivity contribution in [1.82, 2.24) is 0 Å². The largest absolute Gasteiger partial charge is 0.497 e. The number of para-hydroxylation sites is 1. The summed E-state index contributed by atoms with van der Waals surface area (Å²) in [5.74, 6) is 0.744. The van der Waals surface area contributed by atoms with Gasteiger partial charge in [0.05, 0.1) is 30.4 Å². The van der Waals surface area contributed by atoms with Crippen LogP contribution < -0.4 is 14.8 Å². The van der Waals surface area contributed by atoms with Crippen LogP contribution in [0.15, 0.2) is 59.0 Å². The number of ether oxygens (including phenoxy) is 2. The van der Waals surface area contributed by atoms with E-state index in [1.165, 1.54) is 32.4 Å². The van der Waals surface area contributed by atoms with E-state index in [0.717, 1.165) is 0 Å². The number of anilines is 1. The third kappa shape index (κ3) is 3.74. The van der Waals surface area contributed by atoms with Crippen molar-refractivity contribution in [3.8, 4) is 22.8 Å². The summed E-state index contributed by atoms with van der Waals surface area (Å²) in [5.41, 5.74) is 0.631. The van der Waals surface area contributed by atoms with Crippen LogP contribution in [0.25, 0.3) is 11.3 Å². The number of hydrogen-bond acceptors (Lipinski definition) is 6. The van der Waals surface area contributed by atoms with E-state index in [-0.39, 0.29) is 17.2 Å². The number of carbonyl (C=O) groups excluding carboxylic acids is 1. The molecule has 8 nitrogen and oxygen atoms in total. The molecule has 3 rings (SSSR count). The number of furan rings is 1. The fourth-order valence-electron chi connectivity index (χ4n) is 2.53. The summed E-state index contributed by atoms with van der Waals surface area (Å²) >= 11 is 0. The van der Waals surface area contributed by atoms with Gasteiger partial charge >= 0.3 is 0 Å². The highest BCUT2D eigenvalue weighted by atomic mass is 16.6. The molecule has 27 heavy (non-hydrogen) atoms. The van der Waals surface area contributed by atoms with Crippen LogP contribution in [0.3, 0.4) is 0 Å². The SMILES string of the molecule is COc1ccc(NC(=O)c2ccc(-c3ccccc3[N+](=O)[O-])o2)c(OC)c1. The van der Waals surface area contributed by atoms with Gasteiger partial charge in [-0.05, 0) is 30.3 Å². The Morgan fingerprint density at radius 3 is 2.56 bits per heavy atom. The zero-order chi connectivity index (χ0) is 19.4. The lowest BCUT2D eigenvalue weighted by Gasteiger charge is -2.10. The highest BCUT2D eigenvalue weighted by Gasteiger charge is 2.20. The van der Waals surface area contributed by atoms with E-state index in [0.29, 0.717) is 22.7 Å². The van der Waals surface area contributed by atoms with Gasteiger partial charge in [0.2, 0.25) is 0 Å². The summed E-state index contributed by atoms with van der Waals surface area (Å²) in [6.45, 7) is 0. The van der Waals surface area contributed by atoms with Gasteiger partial charge in [0.25, 0.3) is 11.6 Å². The van der Waals surface area contributed by atoms with Crippen molar-refractivity contribution in [2.24, 2.45) is 0 Å². The van der Waals surface area contributed by atoms with E-state index in [9.17, 15) is 14.9 Å². The van der Waals surface area contributed by atoms with Gasteiger partial charge in [0.15, 0.2) is 5.76 Å². The lowest BCUT2D eigenvalue weighted by atomic mass is 10.1. The molecule has 8 heteroatoms. The highest BCUT2D eigenvalue weighted by molar-refractivity contribution is 6.03. The van der Waals surface area contributed by atoms with Gasteiger partial charge in [0.1, 0.15) is 17.3 Å². The van der Waals surface area contributed by atoms with Crippen molar-refractivity contribution in [2.45, 2.75) is 0 Å². The highest BCUT2D eigenvalue weighted by Crippen LogP contribution is 2.32. The summed E-state index contributed by atoms with van der Waals surface area (Å²) in [5, 5.41) is 13.8. The topological polar surface area (TPSA) is 104 Å². The average molecular weight is 368 g/mol. The van der Waals surface area contributed by atoms with E-state index in [1.807, 2.05) is 0 Å². The number of methoxy groups -OCH3 is 2. The number of nitro benzene ring substituents is 1. The lowest BCUT2D eigenvalue weighted by Crippen LogP contribution is -2.11. The van der Waals surface area contributed by atoms with Crippen LogP contribution in [0.1, 0.15) is 10.6 Å². The molecule has 0 saturated heterocycles. The van der Waals surface area contributed by atoms with Gasteiger partial charge in [-0.2, -0.15) is 0 Å². The molecule has 0 spiro atoms. The predicted octanol–water partition coefficient (Wildman–Crippen LogP) is 4.12. The monoisotopic (exact) mass is 368 g/mol. The van der Waals surface area contributed by atoms with Crippen LogP contribution in [0.2, 0.25) is 0 Å². The molecule has 0 aliphatic heterocycles. The summed E-state index contributed by atoms with van der Waals surface area (Å²) in [6, 6.07) is 14.1. The molecule has 0 atom stereocenters. The standard InChI is InChI=1S/C19H16N2O6/c1-25-12-7-8-14(18(11-12)26-2)20-19(22)17-10-9-16(27-17)13-5-3-4-6-15(13)21(23)24/h3-11H,1-2H3,(H,20,22). The van der Waals surface area contributed by atoms with Gasteiger partial charge < -0.3 is 19.2 Å². The molecule has 0 fully saturated rings. The average Bonchev–Trinajstić information content (AvgIpc) is 3.18. The van der Waals surface area contributed by atoms with Crippen LogP contribution in [-0.2, 0) is 0 Å². The Morgan fingerprint density at radius 2 is 1.85 bits per heavy atom. The Hall–Kier alpha value is -3.81. The number of hydrogen-bond donors (Lipinski definition) is 1. The van der Waals surface area contributed by atoms with Crippen LogP contribution in [0.4, 0.5) is 11.4 Å². The molecule has 0 aliphatic rings. The number of nitro groups is 1. The molecule has 138 valence electrons. The van der Waals surface area contributed by atoms with E-state index >= 15 is 0 Å².